The summed E-state index contributed by atoms with van der Waals surface area (Å²) in [6, 6.07) is 9.77. The Morgan fingerprint density at radius 1 is 1.15 bits per heavy atom. The van der Waals surface area contributed by atoms with Gasteiger partial charge in [-0.3, -0.25) is 9.69 Å². The Bertz CT molecular complexity index is 750. The van der Waals surface area contributed by atoms with Crippen molar-refractivity contribution in [2.24, 2.45) is 0 Å². The molecule has 1 amide bonds. The van der Waals surface area contributed by atoms with Gasteiger partial charge in [-0.2, -0.15) is 0 Å². The number of aliphatic hydroxyl groups is 1. The maximum absolute atomic E-state index is 13.0. The van der Waals surface area contributed by atoms with E-state index in [1.165, 1.54) is 24.2 Å². The average molecular weight is 386 g/mol. The highest BCUT2D eigenvalue weighted by Gasteiger charge is 2.29. The molecule has 1 saturated carbocycles. The largest absolute Gasteiger partial charge is 0.387 e. The number of carbonyl (C=O) groups excluding carboxylic acids is 1. The highest BCUT2D eigenvalue weighted by atomic mass is 32.1. The van der Waals surface area contributed by atoms with Crippen LogP contribution < -0.4 is 0 Å². The predicted octanol–water partition coefficient (Wildman–Crippen LogP) is 3.29. The molecule has 1 aromatic carbocycles. The summed E-state index contributed by atoms with van der Waals surface area (Å²) in [4.78, 5) is 22.6. The number of hydrogen-bond donors (Lipinski definition) is 1. The van der Waals surface area contributed by atoms with Crippen molar-refractivity contribution in [2.75, 3.05) is 32.7 Å². The van der Waals surface area contributed by atoms with Crippen molar-refractivity contribution in [1.29, 1.82) is 0 Å². The molecular weight excluding hydrogens is 358 g/mol. The number of thiazole rings is 1. The van der Waals surface area contributed by atoms with Crippen LogP contribution in [0.4, 0.5) is 0 Å². The third kappa shape index (κ3) is 4.23. The second kappa shape index (κ2) is 8.50. The lowest BCUT2D eigenvalue weighted by Gasteiger charge is -2.35. The molecule has 27 heavy (non-hydrogen) atoms. The lowest BCUT2D eigenvalue weighted by molar-refractivity contribution is 0.0530. The minimum Gasteiger partial charge on any atom is -0.387 e. The number of amides is 1. The molecule has 2 heterocycles. The third-order valence-electron chi connectivity index (χ3n) is 5.81. The first-order valence-electron chi connectivity index (χ1n) is 9.90. The second-order valence-corrected chi connectivity index (χ2v) is 8.42. The Labute approximate surface area is 164 Å². The van der Waals surface area contributed by atoms with Crippen LogP contribution in [0.3, 0.4) is 0 Å². The van der Waals surface area contributed by atoms with Crippen LogP contribution in [0.5, 0.6) is 0 Å². The molecule has 6 heteroatoms. The van der Waals surface area contributed by atoms with Gasteiger partial charge in [-0.15, -0.1) is 11.3 Å². The van der Waals surface area contributed by atoms with Crippen LogP contribution >= 0.6 is 11.3 Å². The van der Waals surface area contributed by atoms with Gasteiger partial charge in [0.25, 0.3) is 5.91 Å². The molecule has 1 atom stereocenters. The molecule has 1 N–H and O–H groups in total. The van der Waals surface area contributed by atoms with Gasteiger partial charge in [0.15, 0.2) is 0 Å². The molecule has 5 nitrogen and oxygen atoms in total. The van der Waals surface area contributed by atoms with Gasteiger partial charge in [-0.05, 0) is 18.4 Å². The lowest BCUT2D eigenvalue weighted by atomic mass is 10.0. The van der Waals surface area contributed by atoms with Crippen LogP contribution in [0.25, 0.3) is 0 Å². The number of aromatic nitrogens is 1. The van der Waals surface area contributed by atoms with E-state index in [1.807, 2.05) is 40.7 Å². The van der Waals surface area contributed by atoms with Crippen LogP contribution in [-0.2, 0) is 0 Å². The van der Waals surface area contributed by atoms with Crippen LogP contribution in [0, 0.1) is 0 Å². The van der Waals surface area contributed by atoms with Crippen molar-refractivity contribution in [3.05, 3.63) is 52.0 Å². The van der Waals surface area contributed by atoms with Gasteiger partial charge in [0.1, 0.15) is 4.88 Å². The molecule has 0 radical (unpaired) electrons. The van der Waals surface area contributed by atoms with Crippen molar-refractivity contribution in [3.63, 3.8) is 0 Å². The highest BCUT2D eigenvalue weighted by Crippen LogP contribution is 2.36. The number of hydrogen-bond acceptors (Lipinski definition) is 5. The van der Waals surface area contributed by atoms with E-state index in [4.69, 9.17) is 0 Å². The number of aliphatic hydroxyl groups excluding tert-OH is 1. The number of benzene rings is 1. The number of rotatable bonds is 5. The molecule has 2 aromatic rings. The van der Waals surface area contributed by atoms with E-state index in [1.54, 1.807) is 0 Å². The van der Waals surface area contributed by atoms with Gasteiger partial charge in [0.05, 0.1) is 17.3 Å². The monoisotopic (exact) mass is 385 g/mol. The van der Waals surface area contributed by atoms with Crippen molar-refractivity contribution in [2.45, 2.75) is 37.7 Å². The van der Waals surface area contributed by atoms with Crippen LogP contribution in [0.2, 0.25) is 0 Å². The van der Waals surface area contributed by atoms with Gasteiger partial charge in [-0.25, -0.2) is 4.98 Å². The predicted molar refractivity (Wildman–Crippen MR) is 107 cm³/mol. The quantitative estimate of drug-likeness (QED) is 0.858. The van der Waals surface area contributed by atoms with Gasteiger partial charge in [-0.1, -0.05) is 43.2 Å². The Balaban J connectivity index is 1.33. The summed E-state index contributed by atoms with van der Waals surface area (Å²) in [5.74, 6) is 0.611. The van der Waals surface area contributed by atoms with E-state index < -0.39 is 6.10 Å². The van der Waals surface area contributed by atoms with Gasteiger partial charge in [0.2, 0.25) is 0 Å². The third-order valence-corrected chi connectivity index (χ3v) is 6.64. The maximum Gasteiger partial charge on any atom is 0.265 e. The zero-order valence-electron chi connectivity index (χ0n) is 15.6. The Morgan fingerprint density at radius 3 is 2.56 bits per heavy atom. The standard InChI is InChI=1S/C21H27N3O2S/c25-18(16-6-2-1-3-7-16)14-23-10-12-24(13-11-23)21(26)20-19(22-15-27-20)17-8-4-5-9-17/h1-3,6-7,15,17-18,25H,4-5,8-14H2. The summed E-state index contributed by atoms with van der Waals surface area (Å²) < 4.78 is 0. The van der Waals surface area contributed by atoms with Crippen molar-refractivity contribution < 1.29 is 9.90 Å². The molecule has 2 aliphatic rings. The zero-order chi connectivity index (χ0) is 18.6. The number of nitrogens with zero attached hydrogens (tertiary/aromatic N) is 3. The molecule has 0 spiro atoms. The van der Waals surface area contributed by atoms with Gasteiger partial charge in [0, 0.05) is 38.6 Å². The summed E-state index contributed by atoms with van der Waals surface area (Å²) in [6.45, 7) is 3.63. The first kappa shape index (κ1) is 18.6. The second-order valence-electron chi connectivity index (χ2n) is 7.57. The molecule has 1 aliphatic carbocycles. The van der Waals surface area contributed by atoms with Crippen molar-refractivity contribution in [1.82, 2.24) is 14.8 Å². The number of β-amino-alcohol motifs (C(OH)–C–C–N with tert-alkyl or cyclic N) is 1. The summed E-state index contributed by atoms with van der Waals surface area (Å²) in [5.41, 5.74) is 3.80. The molecule has 1 saturated heterocycles. The fourth-order valence-electron chi connectivity index (χ4n) is 4.21. The summed E-state index contributed by atoms with van der Waals surface area (Å²) in [5, 5.41) is 10.4. The molecule has 1 unspecified atom stereocenters. The minimum absolute atomic E-state index is 0.141. The molecule has 4 rings (SSSR count). The fourth-order valence-corrected chi connectivity index (χ4v) is 5.05. The van der Waals surface area contributed by atoms with Crippen molar-refractivity contribution >= 4 is 17.2 Å². The highest BCUT2D eigenvalue weighted by molar-refractivity contribution is 7.11. The molecule has 0 bridgehead atoms. The minimum atomic E-state index is -0.482. The Morgan fingerprint density at radius 2 is 1.85 bits per heavy atom. The first-order chi connectivity index (χ1) is 13.2. The van der Waals surface area contributed by atoms with Crippen LogP contribution in [0.15, 0.2) is 35.8 Å². The molecule has 2 fully saturated rings. The van der Waals surface area contributed by atoms with E-state index in [-0.39, 0.29) is 5.91 Å². The Hall–Kier alpha value is -1.76. The van der Waals surface area contributed by atoms with Gasteiger partial charge >= 0.3 is 0 Å². The molecule has 1 aliphatic heterocycles. The number of carbonyl (C=O) groups is 1. The first-order valence-corrected chi connectivity index (χ1v) is 10.8. The molecule has 1 aromatic heterocycles. The Kier molecular flexibility index (Phi) is 5.86. The van der Waals surface area contributed by atoms with Crippen molar-refractivity contribution in [3.8, 4) is 0 Å². The smallest absolute Gasteiger partial charge is 0.265 e. The van der Waals surface area contributed by atoms with E-state index in [9.17, 15) is 9.90 Å². The maximum atomic E-state index is 13.0. The lowest BCUT2D eigenvalue weighted by Crippen LogP contribution is -2.49. The number of piperazine rings is 1. The van der Waals surface area contributed by atoms with E-state index in [0.29, 0.717) is 25.6 Å². The van der Waals surface area contributed by atoms with E-state index >= 15 is 0 Å². The van der Waals surface area contributed by atoms with E-state index in [0.717, 1.165) is 42.1 Å². The summed E-state index contributed by atoms with van der Waals surface area (Å²) >= 11 is 1.49. The average Bonchev–Trinajstić information content (AvgIpc) is 3.40. The van der Waals surface area contributed by atoms with Crippen LogP contribution in [-0.4, -0.2) is 58.5 Å². The molecule has 144 valence electrons. The van der Waals surface area contributed by atoms with E-state index in [2.05, 4.69) is 9.88 Å². The summed E-state index contributed by atoms with van der Waals surface area (Å²) in [6.07, 6.45) is 4.34. The fraction of sp³-hybridized carbons (Fsp3) is 0.524. The molecular formula is C21H27N3O2S. The van der Waals surface area contributed by atoms with Gasteiger partial charge < -0.3 is 10.0 Å². The van der Waals surface area contributed by atoms with Crippen LogP contribution in [0.1, 0.15) is 58.6 Å². The SMILES string of the molecule is O=C(c1scnc1C1CCCC1)N1CCN(CC(O)c2ccccc2)CC1. The topological polar surface area (TPSA) is 56.7 Å². The normalized spacial score (nSPS) is 20.1. The summed E-state index contributed by atoms with van der Waals surface area (Å²) in [7, 11) is 0. The zero-order valence-corrected chi connectivity index (χ0v) is 16.4.